The highest BCUT2D eigenvalue weighted by Crippen LogP contribution is 2.27. The summed E-state index contributed by atoms with van der Waals surface area (Å²) in [5.74, 6) is 0.863. The van der Waals surface area contributed by atoms with Crippen LogP contribution in [0.1, 0.15) is 11.1 Å². The number of halogens is 1. The Kier molecular flexibility index (Phi) is 4.17. The van der Waals surface area contributed by atoms with Gasteiger partial charge in [0.05, 0.1) is 7.11 Å². The molecule has 3 heteroatoms. The fraction of sp³-hybridized carbons (Fsp3) is 0.273. The Morgan fingerprint density at radius 3 is 2.79 bits per heavy atom. The molecule has 1 aromatic carbocycles. The molecule has 0 aliphatic heterocycles. The fourth-order valence-electron chi connectivity index (χ4n) is 1.20. The number of aryl methyl sites for hydroxylation is 1. The summed E-state index contributed by atoms with van der Waals surface area (Å²) in [4.78, 5) is 0. The molecular formula is C11H14BrNO. The second-order valence-electron chi connectivity index (χ2n) is 2.99. The second kappa shape index (κ2) is 5.17. The standard InChI is InChI=1S/C11H14BrNO/c1-8-6-10(14-2)7-9(11(8)12)4-3-5-13/h3-4,6-7H,5,13H2,1-2H3/b4-3+. The highest BCUT2D eigenvalue weighted by atomic mass is 79.9. The third kappa shape index (κ3) is 2.59. The lowest BCUT2D eigenvalue weighted by Crippen LogP contribution is -1.93. The van der Waals surface area contributed by atoms with Gasteiger partial charge in [0.2, 0.25) is 0 Å². The van der Waals surface area contributed by atoms with E-state index >= 15 is 0 Å². The van der Waals surface area contributed by atoms with Crippen LogP contribution in [0.25, 0.3) is 6.08 Å². The molecule has 0 aliphatic carbocycles. The van der Waals surface area contributed by atoms with E-state index in [1.54, 1.807) is 7.11 Å². The van der Waals surface area contributed by atoms with E-state index < -0.39 is 0 Å². The molecule has 0 fully saturated rings. The van der Waals surface area contributed by atoms with E-state index in [-0.39, 0.29) is 0 Å². The molecule has 0 saturated carbocycles. The van der Waals surface area contributed by atoms with Gasteiger partial charge in [-0.2, -0.15) is 0 Å². The average Bonchev–Trinajstić information content (AvgIpc) is 2.20. The van der Waals surface area contributed by atoms with E-state index in [0.29, 0.717) is 6.54 Å². The summed E-state index contributed by atoms with van der Waals surface area (Å²) < 4.78 is 6.27. The van der Waals surface area contributed by atoms with Crippen LogP contribution < -0.4 is 10.5 Å². The van der Waals surface area contributed by atoms with E-state index in [9.17, 15) is 0 Å². The predicted molar refractivity (Wildman–Crippen MR) is 63.5 cm³/mol. The highest BCUT2D eigenvalue weighted by molar-refractivity contribution is 9.10. The van der Waals surface area contributed by atoms with E-state index in [4.69, 9.17) is 10.5 Å². The van der Waals surface area contributed by atoms with Crippen molar-refractivity contribution in [1.29, 1.82) is 0 Å². The number of ether oxygens (including phenoxy) is 1. The fourth-order valence-corrected chi connectivity index (χ4v) is 1.56. The summed E-state index contributed by atoms with van der Waals surface area (Å²) in [6.07, 6.45) is 3.90. The zero-order chi connectivity index (χ0) is 10.6. The minimum absolute atomic E-state index is 0.544. The minimum atomic E-state index is 0.544. The Hall–Kier alpha value is -0.800. The second-order valence-corrected chi connectivity index (χ2v) is 3.78. The molecule has 0 unspecified atom stereocenters. The first-order valence-electron chi connectivity index (χ1n) is 4.39. The lowest BCUT2D eigenvalue weighted by atomic mass is 10.1. The molecule has 1 rings (SSSR count). The van der Waals surface area contributed by atoms with Gasteiger partial charge in [0, 0.05) is 11.0 Å². The van der Waals surface area contributed by atoms with Gasteiger partial charge in [-0.25, -0.2) is 0 Å². The zero-order valence-electron chi connectivity index (χ0n) is 8.38. The van der Waals surface area contributed by atoms with Crippen molar-refractivity contribution in [3.63, 3.8) is 0 Å². The first kappa shape index (κ1) is 11.3. The lowest BCUT2D eigenvalue weighted by molar-refractivity contribution is 0.414. The molecule has 0 bridgehead atoms. The van der Waals surface area contributed by atoms with Crippen molar-refractivity contribution in [1.82, 2.24) is 0 Å². The first-order valence-corrected chi connectivity index (χ1v) is 5.19. The third-order valence-corrected chi connectivity index (χ3v) is 3.01. The molecule has 14 heavy (non-hydrogen) atoms. The first-order chi connectivity index (χ1) is 6.69. The summed E-state index contributed by atoms with van der Waals surface area (Å²) in [5, 5.41) is 0. The Bertz CT molecular complexity index is 347. The summed E-state index contributed by atoms with van der Waals surface area (Å²) >= 11 is 3.53. The zero-order valence-corrected chi connectivity index (χ0v) is 9.97. The van der Waals surface area contributed by atoms with Crippen molar-refractivity contribution in [3.05, 3.63) is 33.8 Å². The Morgan fingerprint density at radius 2 is 2.21 bits per heavy atom. The molecule has 76 valence electrons. The minimum Gasteiger partial charge on any atom is -0.497 e. The number of benzene rings is 1. The molecule has 0 atom stereocenters. The Labute approximate surface area is 92.9 Å². The van der Waals surface area contributed by atoms with Crippen molar-refractivity contribution in [3.8, 4) is 5.75 Å². The smallest absolute Gasteiger partial charge is 0.119 e. The molecule has 0 spiro atoms. The molecule has 0 aromatic heterocycles. The van der Waals surface area contributed by atoms with Crippen LogP contribution in [0.3, 0.4) is 0 Å². The maximum absolute atomic E-state index is 5.40. The quantitative estimate of drug-likeness (QED) is 0.902. The molecule has 0 aliphatic rings. The van der Waals surface area contributed by atoms with Crippen LogP contribution in [0, 0.1) is 6.92 Å². The molecule has 0 radical (unpaired) electrons. The van der Waals surface area contributed by atoms with Gasteiger partial charge in [0.25, 0.3) is 0 Å². The largest absolute Gasteiger partial charge is 0.497 e. The van der Waals surface area contributed by atoms with Crippen LogP contribution in [0.2, 0.25) is 0 Å². The summed E-state index contributed by atoms with van der Waals surface area (Å²) in [6, 6.07) is 3.97. The Morgan fingerprint density at radius 1 is 1.50 bits per heavy atom. The average molecular weight is 256 g/mol. The van der Waals surface area contributed by atoms with Gasteiger partial charge in [0.1, 0.15) is 5.75 Å². The Balaban J connectivity index is 3.13. The van der Waals surface area contributed by atoms with Gasteiger partial charge in [0.15, 0.2) is 0 Å². The maximum Gasteiger partial charge on any atom is 0.119 e. The van der Waals surface area contributed by atoms with Gasteiger partial charge in [-0.05, 0) is 46.1 Å². The monoisotopic (exact) mass is 255 g/mol. The van der Waals surface area contributed by atoms with Crippen molar-refractivity contribution in [2.45, 2.75) is 6.92 Å². The van der Waals surface area contributed by atoms with Gasteiger partial charge in [-0.1, -0.05) is 12.2 Å². The van der Waals surface area contributed by atoms with Gasteiger partial charge < -0.3 is 10.5 Å². The number of hydrogen-bond donors (Lipinski definition) is 1. The van der Waals surface area contributed by atoms with Crippen molar-refractivity contribution in [2.24, 2.45) is 5.73 Å². The molecular weight excluding hydrogens is 242 g/mol. The van der Waals surface area contributed by atoms with Crippen LogP contribution in [0.15, 0.2) is 22.7 Å². The van der Waals surface area contributed by atoms with Crippen LogP contribution >= 0.6 is 15.9 Å². The molecule has 0 heterocycles. The van der Waals surface area contributed by atoms with Gasteiger partial charge in [-0.15, -0.1) is 0 Å². The number of hydrogen-bond acceptors (Lipinski definition) is 2. The lowest BCUT2D eigenvalue weighted by Gasteiger charge is -2.07. The molecule has 2 nitrogen and oxygen atoms in total. The summed E-state index contributed by atoms with van der Waals surface area (Å²) in [5.41, 5.74) is 7.65. The summed E-state index contributed by atoms with van der Waals surface area (Å²) in [6.45, 7) is 2.58. The third-order valence-electron chi connectivity index (χ3n) is 1.93. The van der Waals surface area contributed by atoms with E-state index in [1.165, 1.54) is 0 Å². The van der Waals surface area contributed by atoms with Gasteiger partial charge >= 0.3 is 0 Å². The number of nitrogens with two attached hydrogens (primary N) is 1. The number of methoxy groups -OCH3 is 1. The predicted octanol–water partition coefficient (Wildman–Crippen LogP) is 2.74. The molecule has 0 saturated heterocycles. The normalized spacial score (nSPS) is 10.9. The molecule has 0 amide bonds. The van der Waals surface area contributed by atoms with Gasteiger partial charge in [-0.3, -0.25) is 0 Å². The molecule has 2 N–H and O–H groups in total. The van der Waals surface area contributed by atoms with E-state index in [2.05, 4.69) is 15.9 Å². The van der Waals surface area contributed by atoms with E-state index in [1.807, 2.05) is 31.2 Å². The SMILES string of the molecule is COc1cc(C)c(Br)c(/C=C/CN)c1. The van der Waals surface area contributed by atoms with E-state index in [0.717, 1.165) is 21.3 Å². The van der Waals surface area contributed by atoms with Crippen LogP contribution in [0.5, 0.6) is 5.75 Å². The van der Waals surface area contributed by atoms with Crippen LogP contribution in [0.4, 0.5) is 0 Å². The molecule has 1 aromatic rings. The highest BCUT2D eigenvalue weighted by Gasteiger charge is 2.03. The maximum atomic E-state index is 5.40. The van der Waals surface area contributed by atoms with Crippen LogP contribution in [-0.2, 0) is 0 Å². The van der Waals surface area contributed by atoms with Crippen molar-refractivity contribution < 1.29 is 4.74 Å². The summed E-state index contributed by atoms with van der Waals surface area (Å²) in [7, 11) is 1.67. The van der Waals surface area contributed by atoms with Crippen molar-refractivity contribution >= 4 is 22.0 Å². The van der Waals surface area contributed by atoms with Crippen LogP contribution in [-0.4, -0.2) is 13.7 Å². The van der Waals surface area contributed by atoms with Crippen molar-refractivity contribution in [2.75, 3.05) is 13.7 Å². The number of rotatable bonds is 3. The topological polar surface area (TPSA) is 35.2 Å².